The van der Waals surface area contributed by atoms with Crippen molar-refractivity contribution in [1.29, 1.82) is 0 Å². The van der Waals surface area contributed by atoms with Crippen molar-refractivity contribution in [2.45, 2.75) is 50.6 Å². The van der Waals surface area contributed by atoms with Crippen LogP contribution in [-0.2, 0) is 21.7 Å². The van der Waals surface area contributed by atoms with Crippen molar-refractivity contribution < 1.29 is 17.9 Å². The van der Waals surface area contributed by atoms with Crippen molar-refractivity contribution in [3.05, 3.63) is 53.3 Å². The molecule has 1 aromatic carbocycles. The summed E-state index contributed by atoms with van der Waals surface area (Å²) < 4.78 is 47.1. The lowest BCUT2D eigenvalue weighted by atomic mass is 9.73. The molecule has 3 heterocycles. The zero-order chi connectivity index (χ0) is 22.3. The molecule has 1 N–H and O–H groups in total. The first-order valence-corrected chi connectivity index (χ1v) is 10.3. The number of rotatable bonds is 4. The molecule has 1 saturated heterocycles. The predicted octanol–water partition coefficient (Wildman–Crippen LogP) is 4.60. The van der Waals surface area contributed by atoms with Crippen LogP contribution in [0.15, 0.2) is 36.4 Å². The van der Waals surface area contributed by atoms with Gasteiger partial charge in [0.05, 0.1) is 5.56 Å². The van der Waals surface area contributed by atoms with Crippen LogP contribution in [0.25, 0.3) is 5.65 Å². The molecule has 9 heteroatoms. The molecule has 1 aliphatic rings. The molecule has 1 fully saturated rings. The lowest BCUT2D eigenvalue weighted by Crippen LogP contribution is -2.40. The van der Waals surface area contributed by atoms with E-state index in [9.17, 15) is 13.2 Å². The third-order valence-electron chi connectivity index (χ3n) is 5.79. The quantitative estimate of drug-likeness (QED) is 0.652. The Balaban J connectivity index is 1.64. The number of fused-ring (bicyclic) bond motifs is 1. The van der Waals surface area contributed by atoms with E-state index in [1.54, 1.807) is 10.6 Å². The largest absolute Gasteiger partial charge is 0.416 e. The molecule has 0 saturated carbocycles. The van der Waals surface area contributed by atoms with Gasteiger partial charge < -0.3 is 10.1 Å². The number of halogens is 3. The second-order valence-electron chi connectivity index (χ2n) is 9.09. The number of nitrogens with zero attached hydrogens (tertiary/aromatic N) is 4. The first kappa shape index (κ1) is 21.5. The summed E-state index contributed by atoms with van der Waals surface area (Å²) in [4.78, 5) is 0. The smallest absolute Gasteiger partial charge is 0.381 e. The van der Waals surface area contributed by atoms with E-state index in [0.29, 0.717) is 49.6 Å². The van der Waals surface area contributed by atoms with E-state index in [-0.39, 0.29) is 5.41 Å². The fourth-order valence-electron chi connectivity index (χ4n) is 3.97. The van der Waals surface area contributed by atoms with Crippen molar-refractivity contribution in [3.8, 4) is 0 Å². The summed E-state index contributed by atoms with van der Waals surface area (Å²) in [6, 6.07) is 9.28. The first-order valence-electron chi connectivity index (χ1n) is 10.3. The van der Waals surface area contributed by atoms with Gasteiger partial charge in [0.1, 0.15) is 5.82 Å². The van der Waals surface area contributed by atoms with Crippen LogP contribution in [0.4, 0.5) is 19.0 Å². The number of anilines is 1. The maximum Gasteiger partial charge on any atom is 0.416 e. The number of hydrogen-bond acceptors (Lipinski definition) is 5. The second kappa shape index (κ2) is 7.78. The van der Waals surface area contributed by atoms with Crippen LogP contribution in [0, 0.1) is 0 Å². The van der Waals surface area contributed by atoms with Gasteiger partial charge in [-0.15, -0.1) is 15.3 Å². The Morgan fingerprint density at radius 2 is 1.81 bits per heavy atom. The predicted molar refractivity (Wildman–Crippen MR) is 111 cm³/mol. The maximum absolute atomic E-state index is 13.3. The van der Waals surface area contributed by atoms with Crippen molar-refractivity contribution in [1.82, 2.24) is 19.8 Å². The molecule has 0 unspecified atom stereocenters. The highest BCUT2D eigenvalue weighted by Crippen LogP contribution is 2.38. The molecule has 0 aliphatic carbocycles. The first-order chi connectivity index (χ1) is 14.6. The van der Waals surface area contributed by atoms with E-state index in [0.717, 1.165) is 11.9 Å². The minimum atomic E-state index is -4.37. The zero-order valence-corrected chi connectivity index (χ0v) is 17.8. The second-order valence-corrected chi connectivity index (χ2v) is 9.09. The lowest BCUT2D eigenvalue weighted by Gasteiger charge is -2.38. The van der Waals surface area contributed by atoms with Crippen LogP contribution in [0.5, 0.6) is 0 Å². The van der Waals surface area contributed by atoms with Gasteiger partial charge in [-0.2, -0.15) is 17.7 Å². The van der Waals surface area contributed by atoms with Crippen molar-refractivity contribution in [2.75, 3.05) is 25.1 Å². The number of ether oxygens (including phenoxy) is 1. The summed E-state index contributed by atoms with van der Waals surface area (Å²) in [5, 5.41) is 16.4. The summed E-state index contributed by atoms with van der Waals surface area (Å²) >= 11 is 0. The molecule has 0 spiro atoms. The van der Waals surface area contributed by atoms with Gasteiger partial charge in [0.25, 0.3) is 0 Å². The molecule has 166 valence electrons. The zero-order valence-electron chi connectivity index (χ0n) is 17.8. The van der Waals surface area contributed by atoms with Crippen LogP contribution in [0.1, 0.15) is 50.6 Å². The fourth-order valence-corrected chi connectivity index (χ4v) is 3.97. The van der Waals surface area contributed by atoms with Crippen molar-refractivity contribution in [3.63, 3.8) is 0 Å². The average molecular weight is 433 g/mol. The highest BCUT2D eigenvalue weighted by atomic mass is 19.4. The van der Waals surface area contributed by atoms with Gasteiger partial charge in [-0.05, 0) is 36.6 Å². The van der Waals surface area contributed by atoms with E-state index in [1.165, 1.54) is 12.1 Å². The molecule has 2 aromatic heterocycles. The molecule has 31 heavy (non-hydrogen) atoms. The SMILES string of the molecule is CC(C)(C)c1nnc2ccc(NCC3(c4cccc(C(F)(F)F)c4)CCOCC3)nn12. The fraction of sp³-hybridized carbons (Fsp3) is 0.500. The molecule has 4 rings (SSSR count). The molecule has 0 atom stereocenters. The highest BCUT2D eigenvalue weighted by Gasteiger charge is 2.37. The van der Waals surface area contributed by atoms with Gasteiger partial charge in [0.15, 0.2) is 11.5 Å². The summed E-state index contributed by atoms with van der Waals surface area (Å²) in [5.74, 6) is 1.36. The molecule has 0 radical (unpaired) electrons. The number of hydrogen-bond donors (Lipinski definition) is 1. The van der Waals surface area contributed by atoms with Crippen LogP contribution in [-0.4, -0.2) is 39.6 Å². The Labute approximate surface area is 178 Å². The van der Waals surface area contributed by atoms with Crippen molar-refractivity contribution in [2.24, 2.45) is 0 Å². The Hall–Kier alpha value is -2.68. The number of benzene rings is 1. The summed E-state index contributed by atoms with van der Waals surface area (Å²) in [6.45, 7) is 7.57. The number of aromatic nitrogens is 4. The molecule has 3 aromatic rings. The van der Waals surface area contributed by atoms with Gasteiger partial charge in [-0.3, -0.25) is 0 Å². The lowest BCUT2D eigenvalue weighted by molar-refractivity contribution is -0.137. The van der Waals surface area contributed by atoms with E-state index in [4.69, 9.17) is 4.74 Å². The van der Waals surface area contributed by atoms with Crippen LogP contribution in [0.2, 0.25) is 0 Å². The Kier molecular flexibility index (Phi) is 5.41. The normalized spacial score (nSPS) is 17.1. The van der Waals surface area contributed by atoms with Crippen LogP contribution in [0.3, 0.4) is 0 Å². The monoisotopic (exact) mass is 433 g/mol. The number of alkyl halides is 3. The minimum Gasteiger partial charge on any atom is -0.381 e. The molecule has 0 amide bonds. The minimum absolute atomic E-state index is 0.231. The van der Waals surface area contributed by atoms with Gasteiger partial charge in [-0.1, -0.05) is 39.0 Å². The molecule has 1 aliphatic heterocycles. The standard InChI is InChI=1S/C22H26F3N5O/c1-20(2,3)19-28-27-18-8-7-17(29-30(18)19)26-14-21(9-11-31-12-10-21)15-5-4-6-16(13-15)22(23,24)25/h4-8,13H,9-12,14H2,1-3H3,(H,26,29). The van der Waals surface area contributed by atoms with Gasteiger partial charge in [-0.25, -0.2) is 0 Å². The van der Waals surface area contributed by atoms with E-state index < -0.39 is 17.2 Å². The van der Waals surface area contributed by atoms with E-state index in [1.807, 2.05) is 32.9 Å². The Bertz CT molecular complexity index is 1060. The van der Waals surface area contributed by atoms with E-state index >= 15 is 0 Å². The van der Waals surface area contributed by atoms with Crippen molar-refractivity contribution >= 4 is 11.5 Å². The molecular weight excluding hydrogens is 407 g/mol. The maximum atomic E-state index is 13.3. The molecule has 6 nitrogen and oxygen atoms in total. The van der Waals surface area contributed by atoms with Gasteiger partial charge in [0.2, 0.25) is 0 Å². The topological polar surface area (TPSA) is 64.3 Å². The van der Waals surface area contributed by atoms with Gasteiger partial charge in [0, 0.05) is 30.6 Å². The van der Waals surface area contributed by atoms with Gasteiger partial charge >= 0.3 is 6.18 Å². The number of nitrogens with one attached hydrogen (secondary N) is 1. The summed E-state index contributed by atoms with van der Waals surface area (Å²) in [5.41, 5.74) is -0.0241. The third-order valence-corrected chi connectivity index (χ3v) is 5.79. The third kappa shape index (κ3) is 4.37. The Morgan fingerprint density at radius 1 is 1.06 bits per heavy atom. The summed E-state index contributed by atoms with van der Waals surface area (Å²) in [6.07, 6.45) is -3.12. The van der Waals surface area contributed by atoms with E-state index in [2.05, 4.69) is 20.6 Å². The Morgan fingerprint density at radius 3 is 2.48 bits per heavy atom. The average Bonchev–Trinajstić information content (AvgIpc) is 3.16. The summed E-state index contributed by atoms with van der Waals surface area (Å²) in [7, 11) is 0. The highest BCUT2D eigenvalue weighted by molar-refractivity contribution is 5.45. The van der Waals surface area contributed by atoms with Crippen LogP contribution < -0.4 is 5.32 Å². The van der Waals surface area contributed by atoms with Crippen LogP contribution >= 0.6 is 0 Å². The molecular formula is C22H26F3N5O. The molecule has 0 bridgehead atoms.